The Balaban J connectivity index is 2.20. The minimum absolute atomic E-state index is 1.16. The molecule has 0 atom stereocenters. The molecule has 0 aromatic carbocycles. The van der Waals surface area contributed by atoms with Crippen LogP contribution in [-0.4, -0.2) is 37.8 Å². The van der Waals surface area contributed by atoms with E-state index >= 15 is 0 Å². The van der Waals surface area contributed by atoms with Gasteiger partial charge in [0.2, 0.25) is 0 Å². The molecule has 0 spiro atoms. The minimum Gasteiger partial charge on any atom is -0.302 e. The Labute approximate surface area is 51.1 Å². The van der Waals surface area contributed by atoms with Gasteiger partial charge < -0.3 is 4.48 Å². The van der Waals surface area contributed by atoms with Gasteiger partial charge in [-0.05, 0) is 14.0 Å². The Kier molecular flexibility index (Phi) is 1.54. The number of rotatable bonds is 3. The number of nitrogens with one attached hydrogen (secondary N) is 1. The molecule has 2 nitrogen and oxygen atoms in total. The second-order valence-corrected chi connectivity index (χ2v) is 2.62. The Bertz CT molecular complexity index is 76.6. The molecule has 48 valence electrons. The minimum atomic E-state index is 1.16. The molecule has 0 aromatic heterocycles. The smallest absolute Gasteiger partial charge is 0.132 e. The van der Waals surface area contributed by atoms with Crippen molar-refractivity contribution in [1.82, 2.24) is 5.32 Å². The van der Waals surface area contributed by atoms with Crippen molar-refractivity contribution in [3.63, 3.8) is 0 Å². The average Bonchev–Trinajstić information content (AvgIpc) is 2.50. The number of hydrogen-bond acceptors (Lipinski definition) is 1. The fraction of sp³-hybridized carbons (Fsp3) is 1.00. The first-order chi connectivity index (χ1) is 3.83. The number of nitrogens with zero attached hydrogens (tertiary/aromatic N) is 1. The summed E-state index contributed by atoms with van der Waals surface area (Å²) in [4.78, 5) is 0. The lowest BCUT2D eigenvalue weighted by Crippen LogP contribution is -2.34. The van der Waals surface area contributed by atoms with Crippen LogP contribution in [0.25, 0.3) is 0 Å². The van der Waals surface area contributed by atoms with Gasteiger partial charge in [0.25, 0.3) is 0 Å². The third-order valence-electron chi connectivity index (χ3n) is 2.02. The number of quaternary nitrogens is 1. The molecule has 2 heteroatoms. The molecule has 1 rings (SSSR count). The lowest BCUT2D eigenvalue weighted by molar-refractivity contribution is -0.800. The zero-order valence-electron chi connectivity index (χ0n) is 5.78. The lowest BCUT2D eigenvalue weighted by Gasteiger charge is -2.13. The van der Waals surface area contributed by atoms with Gasteiger partial charge in [-0.25, -0.2) is 0 Å². The Morgan fingerprint density at radius 1 is 1.50 bits per heavy atom. The SMILES string of the molecule is CC[N+]1(CNC)CC1. The Morgan fingerprint density at radius 2 is 2.12 bits per heavy atom. The van der Waals surface area contributed by atoms with Crippen LogP contribution in [-0.2, 0) is 0 Å². The van der Waals surface area contributed by atoms with Crippen LogP contribution < -0.4 is 5.32 Å². The van der Waals surface area contributed by atoms with Gasteiger partial charge in [0.1, 0.15) is 19.8 Å². The van der Waals surface area contributed by atoms with Gasteiger partial charge in [0, 0.05) is 0 Å². The highest BCUT2D eigenvalue weighted by atomic mass is 15.5. The largest absolute Gasteiger partial charge is 0.302 e. The van der Waals surface area contributed by atoms with Crippen LogP contribution in [0.4, 0.5) is 0 Å². The molecular formula is C6H15N2+. The van der Waals surface area contributed by atoms with Gasteiger partial charge in [-0.15, -0.1) is 0 Å². The second-order valence-electron chi connectivity index (χ2n) is 2.62. The van der Waals surface area contributed by atoms with E-state index in [0.717, 1.165) is 6.67 Å². The van der Waals surface area contributed by atoms with E-state index in [2.05, 4.69) is 12.2 Å². The molecule has 0 radical (unpaired) electrons. The standard InChI is InChI=1S/C6H15N2/c1-3-8(4-5-8)6-7-2/h7H,3-6H2,1-2H3/q+1. The summed E-state index contributed by atoms with van der Waals surface area (Å²) in [5, 5.41) is 3.19. The summed E-state index contributed by atoms with van der Waals surface area (Å²) in [5.74, 6) is 0. The monoisotopic (exact) mass is 115 g/mol. The van der Waals surface area contributed by atoms with Crippen molar-refractivity contribution in [3.05, 3.63) is 0 Å². The molecule has 0 saturated carbocycles. The van der Waals surface area contributed by atoms with Crippen LogP contribution in [0.2, 0.25) is 0 Å². The molecule has 1 heterocycles. The molecule has 1 aliphatic rings. The summed E-state index contributed by atoms with van der Waals surface area (Å²) in [6.45, 7) is 7.48. The fourth-order valence-electron chi connectivity index (χ4n) is 1.06. The molecule has 0 amide bonds. The third-order valence-corrected chi connectivity index (χ3v) is 2.02. The van der Waals surface area contributed by atoms with Crippen molar-refractivity contribution in [2.75, 3.05) is 33.4 Å². The average molecular weight is 115 g/mol. The number of hydrogen-bond donors (Lipinski definition) is 1. The topological polar surface area (TPSA) is 12.0 Å². The molecule has 1 saturated heterocycles. The van der Waals surface area contributed by atoms with Crippen LogP contribution >= 0.6 is 0 Å². The van der Waals surface area contributed by atoms with Crippen molar-refractivity contribution in [3.8, 4) is 0 Å². The molecule has 0 unspecified atom stereocenters. The fourth-order valence-corrected chi connectivity index (χ4v) is 1.06. The summed E-state index contributed by atoms with van der Waals surface area (Å²) in [5.41, 5.74) is 0. The van der Waals surface area contributed by atoms with Crippen molar-refractivity contribution in [2.45, 2.75) is 6.92 Å². The first kappa shape index (κ1) is 6.05. The van der Waals surface area contributed by atoms with E-state index in [4.69, 9.17) is 0 Å². The van der Waals surface area contributed by atoms with E-state index in [1.807, 2.05) is 7.05 Å². The summed E-state index contributed by atoms with van der Waals surface area (Å²) in [6.07, 6.45) is 0. The van der Waals surface area contributed by atoms with Gasteiger partial charge in [0.05, 0.1) is 6.54 Å². The molecular weight excluding hydrogens is 100 g/mol. The van der Waals surface area contributed by atoms with Gasteiger partial charge in [0.15, 0.2) is 0 Å². The van der Waals surface area contributed by atoms with Crippen LogP contribution in [0.1, 0.15) is 6.92 Å². The van der Waals surface area contributed by atoms with Crippen LogP contribution in [0.3, 0.4) is 0 Å². The zero-order chi connectivity index (χ0) is 6.04. The van der Waals surface area contributed by atoms with Crippen molar-refractivity contribution in [1.29, 1.82) is 0 Å². The molecule has 8 heavy (non-hydrogen) atoms. The maximum atomic E-state index is 3.19. The highest BCUT2D eigenvalue weighted by Gasteiger charge is 2.38. The van der Waals surface area contributed by atoms with E-state index in [1.165, 1.54) is 24.1 Å². The van der Waals surface area contributed by atoms with Gasteiger partial charge >= 0.3 is 0 Å². The summed E-state index contributed by atoms with van der Waals surface area (Å²) >= 11 is 0. The van der Waals surface area contributed by atoms with Crippen LogP contribution in [0.15, 0.2) is 0 Å². The lowest BCUT2D eigenvalue weighted by atomic mass is 10.6. The van der Waals surface area contributed by atoms with Gasteiger partial charge in [-0.1, -0.05) is 0 Å². The quantitative estimate of drug-likeness (QED) is 0.404. The third kappa shape index (κ3) is 1.01. The Hall–Kier alpha value is -0.0800. The maximum absolute atomic E-state index is 3.19. The van der Waals surface area contributed by atoms with E-state index in [9.17, 15) is 0 Å². The van der Waals surface area contributed by atoms with E-state index in [-0.39, 0.29) is 0 Å². The van der Waals surface area contributed by atoms with Gasteiger partial charge in [-0.2, -0.15) is 0 Å². The second kappa shape index (κ2) is 2.03. The van der Waals surface area contributed by atoms with Crippen molar-refractivity contribution >= 4 is 0 Å². The molecule has 0 aromatic rings. The van der Waals surface area contributed by atoms with E-state index in [1.54, 1.807) is 0 Å². The van der Waals surface area contributed by atoms with Crippen LogP contribution in [0, 0.1) is 0 Å². The normalized spacial score (nSPS) is 23.2. The van der Waals surface area contributed by atoms with Crippen molar-refractivity contribution < 1.29 is 4.48 Å². The Morgan fingerprint density at radius 3 is 2.25 bits per heavy atom. The molecule has 1 fully saturated rings. The van der Waals surface area contributed by atoms with Crippen LogP contribution in [0.5, 0.6) is 0 Å². The van der Waals surface area contributed by atoms with Gasteiger partial charge in [-0.3, -0.25) is 5.32 Å². The zero-order valence-corrected chi connectivity index (χ0v) is 5.78. The maximum Gasteiger partial charge on any atom is 0.132 e. The summed E-state index contributed by atoms with van der Waals surface area (Å²) in [6, 6.07) is 0. The predicted molar refractivity (Wildman–Crippen MR) is 34.5 cm³/mol. The predicted octanol–water partition coefficient (Wildman–Crippen LogP) is 0.0136. The number of likely N-dealkylation sites (N-methyl/N-ethyl adjacent to an activating group) is 1. The molecule has 1 aliphatic heterocycles. The molecule has 1 N–H and O–H groups in total. The molecule has 0 bridgehead atoms. The first-order valence-corrected chi connectivity index (χ1v) is 3.33. The highest BCUT2D eigenvalue weighted by Crippen LogP contribution is 2.17. The highest BCUT2D eigenvalue weighted by molar-refractivity contribution is 4.52. The molecule has 0 aliphatic carbocycles. The summed E-state index contributed by atoms with van der Waals surface area (Å²) in [7, 11) is 2.02. The van der Waals surface area contributed by atoms with E-state index in [0.29, 0.717) is 0 Å². The first-order valence-electron chi connectivity index (χ1n) is 3.33. The van der Waals surface area contributed by atoms with E-state index < -0.39 is 0 Å². The van der Waals surface area contributed by atoms with Crippen molar-refractivity contribution in [2.24, 2.45) is 0 Å². The summed E-state index contributed by atoms with van der Waals surface area (Å²) < 4.78 is 1.30.